The molecule has 4 aliphatic rings. The number of fused-ring (bicyclic) bond motifs is 2. The minimum Gasteiger partial charge on any atom is -0.391 e. The Morgan fingerprint density at radius 2 is 1.78 bits per heavy atom. The molecule has 6 heterocycles. The monoisotopic (exact) mass is 960 g/mol. The molecule has 16 nitrogen and oxygen atoms in total. The summed E-state index contributed by atoms with van der Waals surface area (Å²) in [5, 5.41) is 32.5. The van der Waals surface area contributed by atoms with Gasteiger partial charge in [0, 0.05) is 73.2 Å². The van der Waals surface area contributed by atoms with Crippen LogP contribution in [-0.4, -0.2) is 106 Å². The Morgan fingerprint density at radius 1 is 1.03 bits per heavy atom. The molecule has 19 heteroatoms. The SMILES string of the molecule is Cc1cc(C(C(=O)N2C[C@H](O)C[C@H]2C(=O)N[C@@H](CC(=O)N2CC([C@H](c3ccccc3)n3cc(NC(=O)c4n[nH]c5c4C[C@H]4C(F)(F)[C@@]4(C)C5)cn3)C2)c2ccc(-c3scnc3C)cc2)C(C)C)on1. The number of likely N-dealkylation sites (tertiary alicyclic amines) is 2. The van der Waals surface area contributed by atoms with Crippen molar-refractivity contribution in [3.8, 4) is 10.4 Å². The number of nitrogens with one attached hydrogen (secondary N) is 3. The summed E-state index contributed by atoms with van der Waals surface area (Å²) >= 11 is 1.52. The molecule has 3 fully saturated rings. The van der Waals surface area contributed by atoms with Crippen LogP contribution in [0.25, 0.3) is 10.4 Å². The summed E-state index contributed by atoms with van der Waals surface area (Å²) in [6, 6.07) is 17.0. The number of aromatic amines is 1. The first-order valence-electron chi connectivity index (χ1n) is 23.3. The predicted molar refractivity (Wildman–Crippen MR) is 250 cm³/mol. The zero-order chi connectivity index (χ0) is 48.5. The number of benzene rings is 2. The van der Waals surface area contributed by atoms with Gasteiger partial charge in [0.05, 0.1) is 58.3 Å². The largest absolute Gasteiger partial charge is 0.391 e. The van der Waals surface area contributed by atoms with E-state index in [9.17, 15) is 33.1 Å². The van der Waals surface area contributed by atoms with E-state index in [-0.39, 0.29) is 67.6 Å². The molecule has 360 valence electrons. The van der Waals surface area contributed by atoms with Crippen molar-refractivity contribution < 1.29 is 37.6 Å². The first-order valence-corrected chi connectivity index (χ1v) is 24.2. The molecular weight excluding hydrogens is 907 g/mol. The summed E-state index contributed by atoms with van der Waals surface area (Å²) in [5.74, 6) is -5.75. The van der Waals surface area contributed by atoms with E-state index < -0.39 is 53.2 Å². The Bertz CT molecular complexity index is 2910. The van der Waals surface area contributed by atoms with Crippen molar-refractivity contribution in [2.45, 2.75) is 96.4 Å². The Hall–Kier alpha value is -6.60. The number of aryl methyl sites for hydroxylation is 2. The van der Waals surface area contributed by atoms with E-state index in [4.69, 9.17) is 4.52 Å². The van der Waals surface area contributed by atoms with Gasteiger partial charge in [-0.3, -0.25) is 29.0 Å². The number of amides is 4. The summed E-state index contributed by atoms with van der Waals surface area (Å²) in [4.78, 5) is 65.1. The first kappa shape index (κ1) is 46.1. The van der Waals surface area contributed by atoms with Crippen molar-refractivity contribution in [3.05, 3.63) is 124 Å². The van der Waals surface area contributed by atoms with Gasteiger partial charge in [0.15, 0.2) is 5.69 Å². The van der Waals surface area contributed by atoms with Crippen molar-refractivity contribution >= 4 is 40.7 Å². The number of aliphatic hydroxyl groups excluding tert-OH is 1. The molecule has 2 aliphatic carbocycles. The number of carbonyl (C=O) groups is 4. The van der Waals surface area contributed by atoms with Crippen LogP contribution in [-0.2, 0) is 27.2 Å². The lowest BCUT2D eigenvalue weighted by Crippen LogP contribution is -2.54. The molecule has 4 amide bonds. The second-order valence-electron chi connectivity index (χ2n) is 19.7. The van der Waals surface area contributed by atoms with Crippen LogP contribution in [0.5, 0.6) is 0 Å². The number of aliphatic hydroxyl groups is 1. The van der Waals surface area contributed by atoms with Gasteiger partial charge in [-0.25, -0.2) is 13.8 Å². The quantitative estimate of drug-likeness (QED) is 0.0915. The molecule has 4 aromatic heterocycles. The lowest BCUT2D eigenvalue weighted by molar-refractivity contribution is -0.142. The molecule has 2 aromatic carbocycles. The van der Waals surface area contributed by atoms with E-state index >= 15 is 0 Å². The molecule has 69 heavy (non-hydrogen) atoms. The van der Waals surface area contributed by atoms with Gasteiger partial charge in [0.25, 0.3) is 11.8 Å². The Balaban J connectivity index is 0.849. The zero-order valence-electron chi connectivity index (χ0n) is 38.9. The maximum Gasteiger partial charge on any atom is 0.276 e. The fraction of sp³-hybridized carbons (Fsp3) is 0.440. The number of hydrogen-bond acceptors (Lipinski definition) is 11. The van der Waals surface area contributed by atoms with Gasteiger partial charge < -0.3 is 30.1 Å². The summed E-state index contributed by atoms with van der Waals surface area (Å²) in [7, 11) is 0. The van der Waals surface area contributed by atoms with E-state index in [0.29, 0.717) is 47.1 Å². The summed E-state index contributed by atoms with van der Waals surface area (Å²) in [6.45, 7) is 9.79. The molecule has 1 saturated carbocycles. The highest BCUT2D eigenvalue weighted by atomic mass is 32.1. The summed E-state index contributed by atoms with van der Waals surface area (Å²) in [6.07, 6.45) is 2.49. The van der Waals surface area contributed by atoms with Crippen LogP contribution in [0.1, 0.15) is 102 Å². The molecule has 0 bridgehead atoms. The molecule has 10 rings (SSSR count). The standard InChI is InChI=1S/C50H54F2N10O6S/c1-26(2)42(39-15-27(3)59-68-39)48(67)61-24-34(63)16-38(61)46(65)56-36(29-11-13-31(14-12-29)45-28(4)53-25-69-45)18-41(64)60-21-32(22-60)44(30-9-7-6-8-10-30)62-23-33(20-54-62)55-47(66)43-35-17-40-49(5,50(40,51)52)19-37(35)57-58-43/h6-15,20,23,25-26,32,34,36,38,40,42,44,63H,16-19,21-22,24H2,1-5H3,(H,55,66)(H,56,65)(H,57,58)/t34-,36+,38+,40-,42?,44+,49+/m1/s1. The van der Waals surface area contributed by atoms with Crippen LogP contribution in [0.3, 0.4) is 0 Å². The maximum absolute atomic E-state index is 14.6. The highest BCUT2D eigenvalue weighted by Crippen LogP contribution is 2.70. The molecule has 0 radical (unpaired) electrons. The average Bonchev–Trinajstić information content (AvgIpc) is 4.10. The lowest BCUT2D eigenvalue weighted by Gasteiger charge is -2.44. The number of halogens is 2. The van der Waals surface area contributed by atoms with Crippen LogP contribution < -0.4 is 10.6 Å². The normalized spacial score (nSPS) is 22.9. The Kier molecular flexibility index (Phi) is 11.9. The van der Waals surface area contributed by atoms with Gasteiger partial charge in [-0.05, 0) is 42.9 Å². The van der Waals surface area contributed by atoms with Gasteiger partial charge in [0.2, 0.25) is 17.7 Å². The van der Waals surface area contributed by atoms with Crippen LogP contribution in [0, 0.1) is 37.0 Å². The second kappa shape index (κ2) is 17.7. The number of rotatable bonds is 14. The van der Waals surface area contributed by atoms with E-state index in [1.807, 2.05) is 75.4 Å². The molecule has 7 atom stereocenters. The molecule has 0 spiro atoms. The van der Waals surface area contributed by atoms with Gasteiger partial charge in [-0.2, -0.15) is 10.2 Å². The van der Waals surface area contributed by atoms with Crippen molar-refractivity contribution in [3.63, 3.8) is 0 Å². The number of hydrogen-bond donors (Lipinski definition) is 4. The Morgan fingerprint density at radius 3 is 2.46 bits per heavy atom. The van der Waals surface area contributed by atoms with E-state index in [1.54, 1.807) is 41.2 Å². The third-order valence-electron chi connectivity index (χ3n) is 14.8. The van der Waals surface area contributed by atoms with Crippen LogP contribution in [0.2, 0.25) is 0 Å². The van der Waals surface area contributed by atoms with Crippen molar-refractivity contribution in [2.75, 3.05) is 25.0 Å². The zero-order valence-corrected chi connectivity index (χ0v) is 39.7. The highest BCUT2D eigenvalue weighted by Gasteiger charge is 2.78. The number of alkyl halides is 2. The number of anilines is 1. The Labute approximate surface area is 400 Å². The second-order valence-corrected chi connectivity index (χ2v) is 20.6. The smallest absolute Gasteiger partial charge is 0.276 e. The maximum atomic E-state index is 14.6. The van der Waals surface area contributed by atoms with E-state index in [1.165, 1.54) is 22.4 Å². The lowest BCUT2D eigenvalue weighted by atomic mass is 9.86. The molecule has 4 N–H and O–H groups in total. The van der Waals surface area contributed by atoms with Crippen LogP contribution >= 0.6 is 11.3 Å². The minimum atomic E-state index is -2.79. The number of carbonyl (C=O) groups excluding carboxylic acids is 4. The van der Waals surface area contributed by atoms with E-state index in [2.05, 4.69) is 36.1 Å². The van der Waals surface area contributed by atoms with Crippen molar-refractivity contribution in [1.29, 1.82) is 0 Å². The highest BCUT2D eigenvalue weighted by molar-refractivity contribution is 7.13. The van der Waals surface area contributed by atoms with E-state index in [0.717, 1.165) is 21.7 Å². The molecular formula is C50H54F2N10O6S. The summed E-state index contributed by atoms with van der Waals surface area (Å²) in [5.41, 5.74) is 6.36. The van der Waals surface area contributed by atoms with Gasteiger partial charge in [-0.15, -0.1) is 11.3 Å². The number of H-pyrrole nitrogens is 1. The summed E-state index contributed by atoms with van der Waals surface area (Å²) < 4.78 is 36.5. The molecule has 1 unspecified atom stereocenters. The third-order valence-corrected chi connectivity index (χ3v) is 15.7. The van der Waals surface area contributed by atoms with Gasteiger partial charge in [-0.1, -0.05) is 80.5 Å². The number of nitrogens with zero attached hydrogens (tertiary/aromatic N) is 7. The first-order chi connectivity index (χ1) is 33.0. The topological polar surface area (TPSA) is 204 Å². The fourth-order valence-electron chi connectivity index (χ4n) is 10.8. The minimum absolute atomic E-state index is 0.0298. The fourth-order valence-corrected chi connectivity index (χ4v) is 11.6. The van der Waals surface area contributed by atoms with Crippen LogP contribution in [0.15, 0.2) is 83.1 Å². The van der Waals surface area contributed by atoms with Crippen molar-refractivity contribution in [2.24, 2.45) is 23.2 Å². The molecule has 2 saturated heterocycles. The van der Waals surface area contributed by atoms with Crippen molar-refractivity contribution in [1.82, 2.24) is 45.2 Å². The number of thiazole rings is 1. The number of β-amino-alcohol motifs (C(OH)–C–C–N with tert-alkyl or cyclic N) is 1. The molecule has 6 aromatic rings. The van der Waals surface area contributed by atoms with Crippen LogP contribution in [0.4, 0.5) is 14.5 Å². The average molecular weight is 961 g/mol. The van der Waals surface area contributed by atoms with Gasteiger partial charge >= 0.3 is 0 Å². The predicted octanol–water partition coefficient (Wildman–Crippen LogP) is 6.65. The van der Waals surface area contributed by atoms with Gasteiger partial charge in [0.1, 0.15) is 17.7 Å². The third kappa shape index (κ3) is 8.42. The molecule has 2 aliphatic heterocycles. The number of aromatic nitrogens is 6.